The fourth-order valence-corrected chi connectivity index (χ4v) is 2.49. The summed E-state index contributed by atoms with van der Waals surface area (Å²) in [5, 5.41) is 12.3. The zero-order valence-corrected chi connectivity index (χ0v) is 13.8. The van der Waals surface area contributed by atoms with Crippen molar-refractivity contribution in [2.45, 2.75) is 51.2 Å². The third-order valence-corrected chi connectivity index (χ3v) is 4.15. The second kappa shape index (κ2) is 8.67. The van der Waals surface area contributed by atoms with Crippen molar-refractivity contribution in [2.24, 2.45) is 5.41 Å². The summed E-state index contributed by atoms with van der Waals surface area (Å²) in [6, 6.07) is -1.08. The summed E-state index contributed by atoms with van der Waals surface area (Å²) in [6.07, 6.45) is 4.90. The first-order chi connectivity index (χ1) is 10.8. The van der Waals surface area contributed by atoms with Crippen LogP contribution in [0.3, 0.4) is 0 Å². The monoisotopic (exact) mass is 327 g/mol. The third kappa shape index (κ3) is 5.67. The summed E-state index contributed by atoms with van der Waals surface area (Å²) in [7, 11) is 2.40. The molecule has 0 aromatic carbocycles. The maximum absolute atomic E-state index is 12.6. The molecule has 0 fully saturated rings. The molecule has 0 unspecified atom stereocenters. The molecular weight excluding hydrogens is 302 g/mol. The first-order valence-corrected chi connectivity index (χ1v) is 7.62. The molecule has 1 aliphatic rings. The van der Waals surface area contributed by atoms with E-state index in [-0.39, 0.29) is 12.3 Å². The van der Waals surface area contributed by atoms with Crippen LogP contribution in [0.4, 0.5) is 0 Å². The van der Waals surface area contributed by atoms with Gasteiger partial charge in [-0.05, 0) is 25.7 Å². The van der Waals surface area contributed by atoms with Crippen molar-refractivity contribution in [2.75, 3.05) is 14.2 Å². The molecule has 1 aliphatic carbocycles. The average Bonchev–Trinajstić information content (AvgIpc) is 2.53. The standard InChI is InChI=1S/C16H25NO6/c1-16(8-5-4-6-11(18)7-9-16)15(21)17-12(14(20)23-3)10-13(19)22-2/h4,6,11-12,18H,5,7-10H2,1-3H3,(H,17,21)/b6-4+/t11-,12-,16+/m0/s1. The molecule has 0 saturated carbocycles. The molecule has 0 heterocycles. The summed E-state index contributed by atoms with van der Waals surface area (Å²) in [6.45, 7) is 1.79. The summed E-state index contributed by atoms with van der Waals surface area (Å²) < 4.78 is 9.17. The first kappa shape index (κ1) is 19.2. The molecule has 0 aromatic rings. The molecule has 0 radical (unpaired) electrons. The Labute approximate surface area is 136 Å². The van der Waals surface area contributed by atoms with Gasteiger partial charge >= 0.3 is 11.9 Å². The van der Waals surface area contributed by atoms with Gasteiger partial charge in [0, 0.05) is 5.41 Å². The van der Waals surface area contributed by atoms with Crippen molar-refractivity contribution in [1.82, 2.24) is 5.32 Å². The molecule has 7 heteroatoms. The Morgan fingerprint density at radius 1 is 1.30 bits per heavy atom. The summed E-state index contributed by atoms with van der Waals surface area (Å²) in [4.78, 5) is 35.8. The lowest BCUT2D eigenvalue weighted by molar-refractivity contribution is -0.151. The van der Waals surface area contributed by atoms with Crippen LogP contribution in [-0.4, -0.2) is 49.3 Å². The van der Waals surface area contributed by atoms with E-state index < -0.39 is 29.5 Å². The zero-order valence-electron chi connectivity index (χ0n) is 13.8. The number of aliphatic hydroxyl groups excluding tert-OH is 1. The normalized spacial score (nSPS) is 27.0. The van der Waals surface area contributed by atoms with Gasteiger partial charge in [0.1, 0.15) is 6.04 Å². The summed E-state index contributed by atoms with van der Waals surface area (Å²) >= 11 is 0. The number of carbonyl (C=O) groups is 3. The van der Waals surface area contributed by atoms with E-state index in [2.05, 4.69) is 14.8 Å². The second-order valence-corrected chi connectivity index (χ2v) is 5.96. The molecule has 0 bridgehead atoms. The Balaban J connectivity index is 2.81. The van der Waals surface area contributed by atoms with Gasteiger partial charge in [0.2, 0.25) is 5.91 Å². The van der Waals surface area contributed by atoms with Crippen molar-refractivity contribution in [3.8, 4) is 0 Å². The van der Waals surface area contributed by atoms with E-state index in [0.717, 1.165) is 0 Å². The lowest BCUT2D eigenvalue weighted by Gasteiger charge is -2.31. The Hall–Kier alpha value is -1.89. The molecule has 130 valence electrons. The number of rotatable bonds is 5. The number of esters is 2. The molecule has 3 atom stereocenters. The number of allylic oxidation sites excluding steroid dienone is 1. The van der Waals surface area contributed by atoms with Crippen LogP contribution in [-0.2, 0) is 23.9 Å². The van der Waals surface area contributed by atoms with Gasteiger partial charge in [-0.2, -0.15) is 0 Å². The predicted molar refractivity (Wildman–Crippen MR) is 82.3 cm³/mol. The Morgan fingerprint density at radius 2 is 2.00 bits per heavy atom. The number of hydrogen-bond acceptors (Lipinski definition) is 6. The minimum absolute atomic E-state index is 0.284. The predicted octanol–water partition coefficient (Wildman–Crippen LogP) is 0.705. The zero-order chi connectivity index (χ0) is 17.5. The summed E-state index contributed by atoms with van der Waals surface area (Å²) in [5.74, 6) is -1.64. The number of ether oxygens (including phenoxy) is 2. The quantitative estimate of drug-likeness (QED) is 0.569. The number of methoxy groups -OCH3 is 2. The van der Waals surface area contributed by atoms with Crippen LogP contribution < -0.4 is 5.32 Å². The first-order valence-electron chi connectivity index (χ1n) is 7.62. The minimum Gasteiger partial charge on any atom is -0.469 e. The van der Waals surface area contributed by atoms with Gasteiger partial charge in [0.05, 0.1) is 26.7 Å². The molecule has 7 nitrogen and oxygen atoms in total. The molecule has 0 aromatic heterocycles. The fourth-order valence-electron chi connectivity index (χ4n) is 2.49. The van der Waals surface area contributed by atoms with Gasteiger partial charge in [-0.15, -0.1) is 0 Å². The molecular formula is C16H25NO6. The topological polar surface area (TPSA) is 102 Å². The Bertz CT molecular complexity index is 475. The second-order valence-electron chi connectivity index (χ2n) is 5.96. The van der Waals surface area contributed by atoms with E-state index in [1.807, 2.05) is 6.08 Å². The minimum atomic E-state index is -1.08. The molecule has 1 amide bonds. The summed E-state index contributed by atoms with van der Waals surface area (Å²) in [5.41, 5.74) is -0.728. The van der Waals surface area contributed by atoms with Crippen molar-refractivity contribution in [1.29, 1.82) is 0 Å². The lowest BCUT2D eigenvalue weighted by Crippen LogP contribution is -2.49. The average molecular weight is 327 g/mol. The van der Waals surface area contributed by atoms with Crippen LogP contribution >= 0.6 is 0 Å². The number of aliphatic hydroxyl groups is 1. The largest absolute Gasteiger partial charge is 0.469 e. The van der Waals surface area contributed by atoms with Gasteiger partial charge in [0.15, 0.2) is 0 Å². The molecule has 0 saturated heterocycles. The number of hydrogen-bond donors (Lipinski definition) is 2. The van der Waals surface area contributed by atoms with Crippen molar-refractivity contribution < 1.29 is 29.0 Å². The van der Waals surface area contributed by atoms with E-state index in [4.69, 9.17) is 0 Å². The third-order valence-electron chi connectivity index (χ3n) is 4.15. The highest BCUT2D eigenvalue weighted by molar-refractivity contribution is 5.90. The van der Waals surface area contributed by atoms with Crippen LogP contribution in [0, 0.1) is 5.41 Å². The molecule has 2 N–H and O–H groups in total. The van der Waals surface area contributed by atoms with Gasteiger partial charge in [0.25, 0.3) is 0 Å². The van der Waals surface area contributed by atoms with Gasteiger partial charge < -0.3 is 19.9 Å². The molecule has 1 rings (SSSR count). The Morgan fingerprint density at radius 3 is 2.61 bits per heavy atom. The Kier molecular flexibility index (Phi) is 7.22. The SMILES string of the molecule is COC(=O)C[C@H](NC(=O)[C@]1(C)CC/C=C/[C@H](O)CC1)C(=O)OC. The number of carbonyl (C=O) groups excluding carboxylic acids is 3. The van der Waals surface area contributed by atoms with Crippen molar-refractivity contribution in [3.63, 3.8) is 0 Å². The molecule has 0 aliphatic heterocycles. The van der Waals surface area contributed by atoms with E-state index in [9.17, 15) is 19.5 Å². The van der Waals surface area contributed by atoms with E-state index >= 15 is 0 Å². The highest BCUT2D eigenvalue weighted by atomic mass is 16.5. The number of nitrogens with one attached hydrogen (secondary N) is 1. The van der Waals surface area contributed by atoms with Gasteiger partial charge in [-0.25, -0.2) is 4.79 Å². The lowest BCUT2D eigenvalue weighted by atomic mass is 9.78. The maximum Gasteiger partial charge on any atom is 0.328 e. The maximum atomic E-state index is 12.6. The van der Waals surface area contributed by atoms with Crippen LogP contribution in [0.25, 0.3) is 0 Å². The fraction of sp³-hybridized carbons (Fsp3) is 0.688. The van der Waals surface area contributed by atoms with E-state index in [0.29, 0.717) is 25.7 Å². The van der Waals surface area contributed by atoms with Gasteiger partial charge in [-0.3, -0.25) is 9.59 Å². The number of amides is 1. The van der Waals surface area contributed by atoms with Crippen molar-refractivity contribution >= 4 is 17.8 Å². The van der Waals surface area contributed by atoms with Crippen molar-refractivity contribution in [3.05, 3.63) is 12.2 Å². The highest BCUT2D eigenvalue weighted by Crippen LogP contribution is 2.32. The van der Waals surface area contributed by atoms with Crippen LogP contribution in [0.5, 0.6) is 0 Å². The van der Waals surface area contributed by atoms with Crippen LogP contribution in [0.1, 0.15) is 39.0 Å². The van der Waals surface area contributed by atoms with Crippen LogP contribution in [0.2, 0.25) is 0 Å². The van der Waals surface area contributed by atoms with E-state index in [1.165, 1.54) is 14.2 Å². The highest BCUT2D eigenvalue weighted by Gasteiger charge is 2.36. The molecule has 23 heavy (non-hydrogen) atoms. The smallest absolute Gasteiger partial charge is 0.328 e. The van der Waals surface area contributed by atoms with Gasteiger partial charge in [-0.1, -0.05) is 19.1 Å². The van der Waals surface area contributed by atoms with E-state index in [1.54, 1.807) is 13.0 Å². The van der Waals surface area contributed by atoms with Crippen LogP contribution in [0.15, 0.2) is 12.2 Å². The molecule has 0 spiro atoms.